The lowest BCUT2D eigenvalue weighted by Gasteiger charge is -2.15. The monoisotopic (exact) mass is 215 g/mol. The summed E-state index contributed by atoms with van der Waals surface area (Å²) in [5, 5.41) is 14.9. The Balaban J connectivity index is 3.53. The highest BCUT2D eigenvalue weighted by molar-refractivity contribution is 5.80. The van der Waals surface area contributed by atoms with Crippen LogP contribution < -0.4 is 11.1 Å². The lowest BCUT2D eigenvalue weighted by atomic mass is 10.1. The Labute approximate surface area is 92.9 Å². The average molecular weight is 215 g/mol. The first kappa shape index (κ1) is 14.2. The van der Waals surface area contributed by atoms with Crippen LogP contribution in [0.1, 0.15) is 52.4 Å². The molecule has 0 heterocycles. The second kappa shape index (κ2) is 9.77. The highest BCUT2D eigenvalue weighted by Crippen LogP contribution is 2.01. The van der Waals surface area contributed by atoms with Gasteiger partial charge < -0.3 is 16.3 Å². The normalized spacial score (nSPS) is 14.1. The predicted octanol–water partition coefficient (Wildman–Crippen LogP) is 2.07. The van der Waals surface area contributed by atoms with Crippen molar-refractivity contribution in [3.8, 4) is 0 Å². The fourth-order valence-corrected chi connectivity index (χ4v) is 1.51. The van der Waals surface area contributed by atoms with Gasteiger partial charge in [0.1, 0.15) is 5.84 Å². The van der Waals surface area contributed by atoms with E-state index in [0.29, 0.717) is 18.3 Å². The fourth-order valence-electron chi connectivity index (χ4n) is 1.51. The number of oxime groups is 1. The molecule has 1 atom stereocenters. The van der Waals surface area contributed by atoms with Gasteiger partial charge in [0, 0.05) is 12.5 Å². The molecule has 0 aliphatic rings. The summed E-state index contributed by atoms with van der Waals surface area (Å²) in [6.07, 6.45) is 6.69. The van der Waals surface area contributed by atoms with Crippen LogP contribution in [-0.4, -0.2) is 23.6 Å². The lowest BCUT2D eigenvalue weighted by Crippen LogP contribution is -2.33. The molecular weight excluding hydrogens is 190 g/mol. The van der Waals surface area contributed by atoms with Crippen molar-refractivity contribution >= 4 is 5.84 Å². The molecule has 0 aromatic rings. The molecule has 15 heavy (non-hydrogen) atoms. The van der Waals surface area contributed by atoms with Gasteiger partial charge in [-0.3, -0.25) is 0 Å². The lowest BCUT2D eigenvalue weighted by molar-refractivity contribution is 0.315. The van der Waals surface area contributed by atoms with Crippen LogP contribution >= 0.6 is 0 Å². The molecule has 0 saturated carbocycles. The van der Waals surface area contributed by atoms with Gasteiger partial charge >= 0.3 is 0 Å². The van der Waals surface area contributed by atoms with E-state index in [2.05, 4.69) is 24.3 Å². The molecular formula is C11H25N3O. The maximum Gasteiger partial charge on any atom is 0.140 e. The Hall–Kier alpha value is -0.770. The van der Waals surface area contributed by atoms with Crippen LogP contribution in [0.5, 0.6) is 0 Å². The number of amidine groups is 1. The van der Waals surface area contributed by atoms with E-state index in [9.17, 15) is 0 Å². The summed E-state index contributed by atoms with van der Waals surface area (Å²) in [7, 11) is 0. The van der Waals surface area contributed by atoms with Crippen molar-refractivity contribution < 1.29 is 5.21 Å². The summed E-state index contributed by atoms with van der Waals surface area (Å²) in [6.45, 7) is 5.34. The molecule has 4 nitrogen and oxygen atoms in total. The number of nitrogens with two attached hydrogens (primary N) is 1. The van der Waals surface area contributed by atoms with Gasteiger partial charge in [0.2, 0.25) is 0 Å². The molecule has 0 rings (SSSR count). The maximum atomic E-state index is 8.46. The zero-order valence-corrected chi connectivity index (χ0v) is 10.00. The van der Waals surface area contributed by atoms with Crippen molar-refractivity contribution in [3.05, 3.63) is 0 Å². The number of hydrogen-bond acceptors (Lipinski definition) is 3. The van der Waals surface area contributed by atoms with E-state index in [1.165, 1.54) is 25.7 Å². The second-order valence-electron chi connectivity index (χ2n) is 3.92. The standard InChI is InChI=1S/C11H25N3O/c1-3-5-6-7-8-13-10(4-2)9-11(12)14-15/h10,13,15H,3-9H2,1-2H3,(H2,12,14). The summed E-state index contributed by atoms with van der Waals surface area (Å²) < 4.78 is 0. The average Bonchev–Trinajstić information content (AvgIpc) is 2.26. The third kappa shape index (κ3) is 8.24. The summed E-state index contributed by atoms with van der Waals surface area (Å²) >= 11 is 0. The van der Waals surface area contributed by atoms with Crippen LogP contribution in [0.15, 0.2) is 5.16 Å². The molecule has 0 aromatic heterocycles. The largest absolute Gasteiger partial charge is 0.409 e. The number of nitrogens with zero attached hydrogens (tertiary/aromatic N) is 1. The summed E-state index contributed by atoms with van der Waals surface area (Å²) in [5.74, 6) is 0.308. The van der Waals surface area contributed by atoms with Gasteiger partial charge in [-0.25, -0.2) is 0 Å². The van der Waals surface area contributed by atoms with E-state index >= 15 is 0 Å². The minimum absolute atomic E-state index is 0.308. The molecule has 0 amide bonds. The smallest absolute Gasteiger partial charge is 0.140 e. The van der Waals surface area contributed by atoms with Crippen molar-refractivity contribution in [3.63, 3.8) is 0 Å². The van der Waals surface area contributed by atoms with Crippen LogP contribution in [0.25, 0.3) is 0 Å². The maximum absolute atomic E-state index is 8.46. The van der Waals surface area contributed by atoms with Crippen LogP contribution in [0.4, 0.5) is 0 Å². The number of unbranched alkanes of at least 4 members (excludes halogenated alkanes) is 3. The van der Waals surface area contributed by atoms with Crippen molar-refractivity contribution in [2.24, 2.45) is 10.9 Å². The van der Waals surface area contributed by atoms with Crippen LogP contribution in [-0.2, 0) is 0 Å². The van der Waals surface area contributed by atoms with Crippen LogP contribution in [0.2, 0.25) is 0 Å². The zero-order valence-electron chi connectivity index (χ0n) is 10.00. The van der Waals surface area contributed by atoms with E-state index in [1.807, 2.05) is 0 Å². The van der Waals surface area contributed by atoms with Crippen molar-refractivity contribution in [2.75, 3.05) is 6.54 Å². The molecule has 4 N–H and O–H groups in total. The van der Waals surface area contributed by atoms with Crippen molar-refractivity contribution in [2.45, 2.75) is 58.4 Å². The molecule has 0 radical (unpaired) electrons. The summed E-state index contributed by atoms with van der Waals surface area (Å²) in [6, 6.07) is 0.336. The first-order chi connectivity index (χ1) is 7.24. The minimum atomic E-state index is 0.308. The number of hydrogen-bond donors (Lipinski definition) is 3. The Bertz CT molecular complexity index is 171. The van der Waals surface area contributed by atoms with Gasteiger partial charge in [-0.2, -0.15) is 0 Å². The molecule has 0 fully saturated rings. The molecule has 0 aliphatic carbocycles. The first-order valence-corrected chi connectivity index (χ1v) is 5.94. The first-order valence-electron chi connectivity index (χ1n) is 5.94. The Kier molecular flexibility index (Phi) is 9.27. The third-order valence-electron chi connectivity index (χ3n) is 2.54. The Morgan fingerprint density at radius 3 is 2.60 bits per heavy atom. The van der Waals surface area contributed by atoms with E-state index in [0.717, 1.165) is 13.0 Å². The number of nitrogens with one attached hydrogen (secondary N) is 1. The summed E-state index contributed by atoms with van der Waals surface area (Å²) in [4.78, 5) is 0. The van der Waals surface area contributed by atoms with Gasteiger partial charge in [-0.1, -0.05) is 38.3 Å². The van der Waals surface area contributed by atoms with E-state index in [-0.39, 0.29) is 0 Å². The van der Waals surface area contributed by atoms with Gasteiger partial charge in [0.05, 0.1) is 0 Å². The molecule has 0 bridgehead atoms. The predicted molar refractivity (Wildman–Crippen MR) is 64.2 cm³/mol. The highest BCUT2D eigenvalue weighted by atomic mass is 16.4. The van der Waals surface area contributed by atoms with Gasteiger partial charge in [0.15, 0.2) is 0 Å². The van der Waals surface area contributed by atoms with Crippen molar-refractivity contribution in [1.82, 2.24) is 5.32 Å². The minimum Gasteiger partial charge on any atom is -0.409 e. The third-order valence-corrected chi connectivity index (χ3v) is 2.54. The highest BCUT2D eigenvalue weighted by Gasteiger charge is 2.07. The Morgan fingerprint density at radius 2 is 2.07 bits per heavy atom. The van der Waals surface area contributed by atoms with Gasteiger partial charge in [-0.15, -0.1) is 0 Å². The van der Waals surface area contributed by atoms with E-state index in [4.69, 9.17) is 10.9 Å². The van der Waals surface area contributed by atoms with Crippen molar-refractivity contribution in [1.29, 1.82) is 0 Å². The van der Waals surface area contributed by atoms with Gasteiger partial charge in [0.25, 0.3) is 0 Å². The molecule has 0 saturated heterocycles. The van der Waals surface area contributed by atoms with E-state index in [1.54, 1.807) is 0 Å². The zero-order chi connectivity index (χ0) is 11.5. The van der Waals surface area contributed by atoms with Crippen LogP contribution in [0, 0.1) is 0 Å². The van der Waals surface area contributed by atoms with Gasteiger partial charge in [-0.05, 0) is 19.4 Å². The van der Waals surface area contributed by atoms with Crippen LogP contribution in [0.3, 0.4) is 0 Å². The quantitative estimate of drug-likeness (QED) is 0.181. The second-order valence-corrected chi connectivity index (χ2v) is 3.92. The Morgan fingerprint density at radius 1 is 1.33 bits per heavy atom. The molecule has 0 spiro atoms. The number of rotatable bonds is 9. The summed E-state index contributed by atoms with van der Waals surface area (Å²) in [5.41, 5.74) is 5.46. The molecule has 0 aromatic carbocycles. The van der Waals surface area contributed by atoms with E-state index < -0.39 is 0 Å². The SMILES string of the molecule is CCCCCCNC(CC)CC(N)=NO. The molecule has 90 valence electrons. The molecule has 0 aliphatic heterocycles. The topological polar surface area (TPSA) is 70.6 Å². The molecule has 1 unspecified atom stereocenters. The fraction of sp³-hybridized carbons (Fsp3) is 0.909. The molecule has 4 heteroatoms.